The number of aromatic nitrogens is 4. The van der Waals surface area contributed by atoms with Gasteiger partial charge in [-0.2, -0.15) is 0 Å². The Morgan fingerprint density at radius 3 is 1.32 bits per heavy atom. The quantitative estimate of drug-likeness (QED) is 0.0598. The van der Waals surface area contributed by atoms with Gasteiger partial charge < -0.3 is 19.3 Å². The number of fused-ring (bicyclic) bond motifs is 4. The van der Waals surface area contributed by atoms with Crippen LogP contribution in [0.4, 0.5) is 0 Å². The molecule has 6 aromatic rings. The van der Waals surface area contributed by atoms with Crippen LogP contribution < -0.4 is 18.9 Å². The number of nitrogens with zero attached hydrogens (tertiary/aromatic N) is 6. The minimum absolute atomic E-state index is 0.0997. The summed E-state index contributed by atoms with van der Waals surface area (Å²) in [5.74, 6) is -0.800. The van der Waals surface area contributed by atoms with Gasteiger partial charge in [0, 0.05) is 72.2 Å². The number of benzene rings is 2. The molecular formula is C72H84N8O12S4. The molecule has 96 heavy (non-hydrogen) atoms. The molecule has 4 aliphatic heterocycles. The first-order chi connectivity index (χ1) is 45.6. The summed E-state index contributed by atoms with van der Waals surface area (Å²) < 4.78 is 68.7. The van der Waals surface area contributed by atoms with Crippen LogP contribution in [-0.4, -0.2) is 129 Å². The van der Waals surface area contributed by atoms with Crippen molar-refractivity contribution in [2.75, 3.05) is 0 Å². The number of ether oxygens (including phenoxy) is 2. The molecule has 4 saturated heterocycles. The fraction of sp³-hybridized carbons (Fsp3) is 0.528. The normalized spacial score (nSPS) is 26.9. The van der Waals surface area contributed by atoms with Gasteiger partial charge in [0.25, 0.3) is 0 Å². The zero-order valence-electron chi connectivity index (χ0n) is 55.6. The first-order valence-corrected chi connectivity index (χ1v) is 38.6. The Balaban J connectivity index is 0.000000174. The number of aryl methyl sites for hydroxylation is 4. The van der Waals surface area contributed by atoms with E-state index in [4.69, 9.17) is 29.4 Å². The van der Waals surface area contributed by atoms with Gasteiger partial charge in [-0.3, -0.25) is 38.2 Å². The maximum absolute atomic E-state index is 14.1. The summed E-state index contributed by atoms with van der Waals surface area (Å²) in [7, 11) is -7.55. The molecule has 24 heteroatoms. The van der Waals surface area contributed by atoms with Gasteiger partial charge in [-0.05, 0) is 150 Å². The molecule has 508 valence electrons. The van der Waals surface area contributed by atoms with Crippen LogP contribution in [0, 0.1) is 50.4 Å². The third kappa shape index (κ3) is 12.6. The Kier molecular flexibility index (Phi) is 17.9. The number of hydrogen-bond donors (Lipinski definition) is 2. The number of hydrogen-bond acceptors (Lipinski definition) is 18. The van der Waals surface area contributed by atoms with Gasteiger partial charge in [0.2, 0.25) is 43.7 Å². The number of allylic oxidation sites excluding steroid dienone is 2. The van der Waals surface area contributed by atoms with E-state index in [-0.39, 0.29) is 84.8 Å². The number of sulfonamides is 2. The summed E-state index contributed by atoms with van der Waals surface area (Å²) in [6.45, 7) is 24.3. The molecule has 8 heterocycles. The number of carbonyl (C=O) groups excluding carboxylic acids is 6. The van der Waals surface area contributed by atoms with Crippen LogP contribution in [0.5, 0.6) is 11.5 Å². The average molecular weight is 1380 g/mol. The summed E-state index contributed by atoms with van der Waals surface area (Å²) in [6, 6.07) is 9.79. The molecule has 4 saturated carbocycles. The Hall–Kier alpha value is -7.28. The van der Waals surface area contributed by atoms with E-state index in [1.54, 1.807) is 44.6 Å². The lowest BCUT2D eigenvalue weighted by molar-refractivity contribution is -0.143. The zero-order valence-corrected chi connectivity index (χ0v) is 58.9. The molecule has 2 aromatic carbocycles. The van der Waals surface area contributed by atoms with Crippen molar-refractivity contribution >= 4 is 99.7 Å². The molecule has 0 bridgehead atoms. The molecule has 4 amide bonds. The van der Waals surface area contributed by atoms with Crippen molar-refractivity contribution < 1.29 is 55.1 Å². The maximum atomic E-state index is 14.1. The highest BCUT2D eigenvalue weighted by molar-refractivity contribution is 7.91. The van der Waals surface area contributed by atoms with E-state index in [0.717, 1.165) is 65.5 Å². The summed E-state index contributed by atoms with van der Waals surface area (Å²) in [4.78, 5) is 105. The number of Topliss-reactive ketones (excluding diaryl/α,β-unsaturated/α-hetero) is 2. The van der Waals surface area contributed by atoms with Crippen LogP contribution in [0.15, 0.2) is 72.5 Å². The Morgan fingerprint density at radius 2 is 0.990 bits per heavy atom. The number of carbonyl (C=O) groups is 6. The highest BCUT2D eigenvalue weighted by Crippen LogP contribution is 2.59. The summed E-state index contributed by atoms with van der Waals surface area (Å²) >= 11 is 3.09. The third-order valence-electron chi connectivity index (χ3n) is 21.5. The molecule has 10 atom stereocenters. The molecule has 4 aliphatic carbocycles. The molecule has 0 unspecified atom stereocenters. The van der Waals surface area contributed by atoms with E-state index >= 15 is 0 Å². The van der Waals surface area contributed by atoms with Gasteiger partial charge in [0.15, 0.2) is 11.6 Å². The number of thiazole rings is 2. The number of amides is 4. The van der Waals surface area contributed by atoms with Gasteiger partial charge in [-0.25, -0.2) is 36.8 Å². The topological polar surface area (TPSA) is 271 Å². The molecule has 8 aliphatic rings. The van der Waals surface area contributed by atoms with Crippen LogP contribution >= 0.6 is 22.7 Å². The van der Waals surface area contributed by atoms with Crippen molar-refractivity contribution in [3.8, 4) is 32.9 Å². The van der Waals surface area contributed by atoms with Crippen molar-refractivity contribution in [3.63, 3.8) is 0 Å². The molecule has 14 rings (SSSR count). The lowest BCUT2D eigenvalue weighted by Crippen LogP contribution is -2.50. The lowest BCUT2D eigenvalue weighted by Gasteiger charge is -2.35. The minimum Gasteiger partial charge on any atom is -0.487 e. The van der Waals surface area contributed by atoms with Crippen LogP contribution in [0.25, 0.3) is 43.2 Å². The smallest absolute Gasteiger partial charge is 0.240 e. The van der Waals surface area contributed by atoms with E-state index < -0.39 is 77.5 Å². The molecule has 2 N–H and O–H groups in total. The van der Waals surface area contributed by atoms with Gasteiger partial charge in [0.05, 0.1) is 67.9 Å². The molecule has 8 fully saturated rings. The average Bonchev–Trinajstić information content (AvgIpc) is 1.57. The van der Waals surface area contributed by atoms with E-state index in [2.05, 4.69) is 61.1 Å². The zero-order chi connectivity index (χ0) is 68.2. The van der Waals surface area contributed by atoms with Crippen LogP contribution in [-0.2, 0) is 48.8 Å². The predicted octanol–water partition coefficient (Wildman–Crippen LogP) is 11.5. The first kappa shape index (κ1) is 67.3. The van der Waals surface area contributed by atoms with Crippen LogP contribution in [0.3, 0.4) is 0 Å². The standard InChI is InChI=1S/2C36H42N4O6S2/c2*1-6-22-16-36(22,35(43)39-48(44,45)23-11-12-23)17-29(41)28-15-31(27-8-7-9-32(42)40(27)28)46-30-14-25(34-38-26(18-47-34)19(2)3)37-33-21(5)20(4)10-13-24(30)33/h2*6,10,13-14,18-19,22-23,27-28,31H,1,7-9,11-12,15-17H2,2-5H3,(H,39,43)/t2*22-,27-,28+,31-,36-/m11/s1. The first-order valence-electron chi connectivity index (χ1n) is 33.8. The van der Waals surface area contributed by atoms with Crippen molar-refractivity contribution in [1.82, 2.24) is 39.2 Å². The maximum Gasteiger partial charge on any atom is 0.240 e. The fourth-order valence-corrected chi connectivity index (χ4v) is 19.5. The highest BCUT2D eigenvalue weighted by Gasteiger charge is 2.64. The number of nitrogens with one attached hydrogen (secondary N) is 2. The van der Waals surface area contributed by atoms with Crippen LogP contribution in [0.1, 0.15) is 176 Å². The summed E-state index contributed by atoms with van der Waals surface area (Å²) in [6.07, 6.45) is 8.83. The molecule has 4 aromatic heterocycles. The van der Waals surface area contributed by atoms with E-state index in [0.29, 0.717) is 99.9 Å². The molecular weight excluding hydrogens is 1300 g/mol. The SMILES string of the molecule is C=C[C@@H]1C[C@]1(CC(=O)[C@@H]1C[C@@H](Oc2cc(-c3nc(C(C)C)cs3)nc3c(C)c(C)ccc23)[C@H]2CCCC(=O)N21)C(=O)NS(=O)(=O)C1CC1.C=C[C@@H]1C[C@]1(CC(=O)[C@@H]1C[C@@H](Oc2cc(-c3nc(C(C)C)cs3)nc3c(C)c(C)ccc23)[C@H]2CCCC(=O)N21)C(=O)NS(=O)(=O)C1CC1. The predicted molar refractivity (Wildman–Crippen MR) is 368 cm³/mol. The second-order valence-electron chi connectivity index (χ2n) is 28.7. The lowest BCUT2D eigenvalue weighted by atomic mass is 9.91. The van der Waals surface area contributed by atoms with Gasteiger partial charge in [0.1, 0.15) is 45.1 Å². The largest absolute Gasteiger partial charge is 0.487 e. The van der Waals surface area contributed by atoms with Crippen molar-refractivity contribution in [2.45, 2.75) is 217 Å². The Morgan fingerprint density at radius 1 is 0.604 bits per heavy atom. The van der Waals surface area contributed by atoms with Gasteiger partial charge in [-0.1, -0.05) is 52.0 Å². The second kappa shape index (κ2) is 25.5. The van der Waals surface area contributed by atoms with Crippen molar-refractivity contribution in [3.05, 3.63) is 106 Å². The summed E-state index contributed by atoms with van der Waals surface area (Å²) in [5.41, 5.74) is 7.02. The molecule has 20 nitrogen and oxygen atoms in total. The van der Waals surface area contributed by atoms with E-state index in [9.17, 15) is 45.6 Å². The van der Waals surface area contributed by atoms with Gasteiger partial charge in [-0.15, -0.1) is 35.8 Å². The molecule has 0 radical (unpaired) electrons. The van der Waals surface area contributed by atoms with Crippen molar-refractivity contribution in [1.29, 1.82) is 0 Å². The third-order valence-corrected chi connectivity index (χ3v) is 26.9. The monoisotopic (exact) mass is 1380 g/mol. The number of piperidine rings is 2. The van der Waals surface area contributed by atoms with E-state index in [1.807, 2.05) is 64.1 Å². The van der Waals surface area contributed by atoms with E-state index in [1.165, 1.54) is 0 Å². The van der Waals surface area contributed by atoms with Gasteiger partial charge >= 0.3 is 0 Å². The fourth-order valence-electron chi connectivity index (χ4n) is 14.9. The molecule has 0 spiro atoms. The summed E-state index contributed by atoms with van der Waals surface area (Å²) in [5, 5.41) is 6.30. The number of pyridine rings is 2. The van der Waals surface area contributed by atoms with Crippen molar-refractivity contribution in [2.24, 2.45) is 22.7 Å². The Bertz CT molecular complexity index is 4180. The van der Waals surface area contributed by atoms with Crippen LogP contribution in [0.2, 0.25) is 0 Å². The Labute approximate surface area is 569 Å². The second-order valence-corrected chi connectivity index (χ2v) is 34.3. The highest BCUT2D eigenvalue weighted by atomic mass is 32.2. The number of rotatable bonds is 22. The minimum atomic E-state index is -3.78. The number of ketones is 2.